The first kappa shape index (κ1) is 13.4. The molecule has 0 radical (unpaired) electrons. The molecule has 1 aliphatic rings. The first-order valence-electron chi connectivity index (χ1n) is 6.55. The molecule has 0 spiro atoms. The number of rotatable bonds is 4. The van der Waals surface area contributed by atoms with Crippen LogP contribution in [0.5, 0.6) is 0 Å². The van der Waals surface area contributed by atoms with Crippen LogP contribution in [0.2, 0.25) is 0 Å². The summed E-state index contributed by atoms with van der Waals surface area (Å²) in [6, 6.07) is 1.88. The van der Waals surface area contributed by atoms with Gasteiger partial charge in [-0.1, -0.05) is 0 Å². The standard InChI is InChI=1S/C13H20ClN3O/c1-3-17-12(8-10(2)15-17)13(18)16-7-5-11(9-16)4-6-14/h8,11H,3-7,9H2,1-2H3. The summed E-state index contributed by atoms with van der Waals surface area (Å²) < 4.78 is 1.78. The largest absolute Gasteiger partial charge is 0.337 e. The second-order valence-electron chi connectivity index (χ2n) is 4.87. The van der Waals surface area contributed by atoms with Gasteiger partial charge in [0.25, 0.3) is 5.91 Å². The Morgan fingerprint density at radius 2 is 2.39 bits per heavy atom. The van der Waals surface area contributed by atoms with Crippen LogP contribution in [-0.4, -0.2) is 39.6 Å². The summed E-state index contributed by atoms with van der Waals surface area (Å²) in [6.45, 7) is 6.33. The molecule has 1 aromatic rings. The van der Waals surface area contributed by atoms with E-state index in [2.05, 4.69) is 5.10 Å². The molecule has 1 unspecified atom stereocenters. The van der Waals surface area contributed by atoms with Gasteiger partial charge >= 0.3 is 0 Å². The molecule has 1 saturated heterocycles. The first-order chi connectivity index (χ1) is 8.65. The molecule has 100 valence electrons. The summed E-state index contributed by atoms with van der Waals surface area (Å²) in [4.78, 5) is 14.4. The summed E-state index contributed by atoms with van der Waals surface area (Å²) in [5.41, 5.74) is 1.61. The van der Waals surface area contributed by atoms with Gasteiger partial charge in [-0.2, -0.15) is 5.10 Å². The van der Waals surface area contributed by atoms with E-state index in [-0.39, 0.29) is 5.91 Å². The predicted octanol–water partition coefficient (Wildman–Crippen LogP) is 2.30. The molecular weight excluding hydrogens is 250 g/mol. The number of amides is 1. The highest BCUT2D eigenvalue weighted by atomic mass is 35.5. The van der Waals surface area contributed by atoms with Crippen LogP contribution in [0, 0.1) is 12.8 Å². The van der Waals surface area contributed by atoms with Crippen LogP contribution in [0.25, 0.3) is 0 Å². The average Bonchev–Trinajstić information content (AvgIpc) is 2.95. The summed E-state index contributed by atoms with van der Waals surface area (Å²) in [6.07, 6.45) is 2.06. The van der Waals surface area contributed by atoms with Crippen molar-refractivity contribution in [3.05, 3.63) is 17.5 Å². The number of hydrogen-bond donors (Lipinski definition) is 0. The van der Waals surface area contributed by atoms with E-state index in [4.69, 9.17) is 11.6 Å². The fourth-order valence-electron chi connectivity index (χ4n) is 2.53. The molecule has 5 heteroatoms. The average molecular weight is 270 g/mol. The van der Waals surface area contributed by atoms with Crippen LogP contribution in [0.4, 0.5) is 0 Å². The minimum atomic E-state index is 0.106. The fourth-order valence-corrected chi connectivity index (χ4v) is 2.84. The number of aryl methyl sites for hydroxylation is 2. The van der Waals surface area contributed by atoms with Crippen molar-refractivity contribution in [3.63, 3.8) is 0 Å². The second kappa shape index (κ2) is 5.74. The third kappa shape index (κ3) is 2.69. The van der Waals surface area contributed by atoms with Crippen molar-refractivity contribution in [2.24, 2.45) is 5.92 Å². The molecule has 1 fully saturated rings. The fraction of sp³-hybridized carbons (Fsp3) is 0.692. The Hall–Kier alpha value is -1.03. The lowest BCUT2D eigenvalue weighted by atomic mass is 10.1. The SMILES string of the molecule is CCn1nc(C)cc1C(=O)N1CCC(CCCl)C1. The zero-order valence-electron chi connectivity index (χ0n) is 11.0. The van der Waals surface area contributed by atoms with Crippen molar-refractivity contribution >= 4 is 17.5 Å². The summed E-state index contributed by atoms with van der Waals surface area (Å²) in [7, 11) is 0. The van der Waals surface area contributed by atoms with Gasteiger partial charge in [0, 0.05) is 25.5 Å². The van der Waals surface area contributed by atoms with Crippen LogP contribution in [-0.2, 0) is 6.54 Å². The Morgan fingerprint density at radius 1 is 1.61 bits per heavy atom. The van der Waals surface area contributed by atoms with Crippen LogP contribution >= 0.6 is 11.6 Å². The maximum absolute atomic E-state index is 12.4. The van der Waals surface area contributed by atoms with Crippen molar-refractivity contribution in [1.82, 2.24) is 14.7 Å². The number of carbonyl (C=O) groups excluding carboxylic acids is 1. The van der Waals surface area contributed by atoms with Crippen molar-refractivity contribution in [2.45, 2.75) is 33.2 Å². The lowest BCUT2D eigenvalue weighted by Gasteiger charge is -2.16. The maximum Gasteiger partial charge on any atom is 0.272 e. The molecular formula is C13H20ClN3O. The van der Waals surface area contributed by atoms with Crippen LogP contribution in [0.3, 0.4) is 0 Å². The summed E-state index contributed by atoms with van der Waals surface area (Å²) >= 11 is 5.76. The van der Waals surface area contributed by atoms with Crippen LogP contribution in [0.1, 0.15) is 35.9 Å². The molecule has 1 aromatic heterocycles. The Morgan fingerprint density at radius 3 is 3.06 bits per heavy atom. The van der Waals surface area contributed by atoms with Crippen LogP contribution < -0.4 is 0 Å². The Kier molecular flexibility index (Phi) is 4.27. The molecule has 0 saturated carbocycles. The topological polar surface area (TPSA) is 38.1 Å². The van der Waals surface area contributed by atoms with Crippen molar-refractivity contribution in [1.29, 1.82) is 0 Å². The second-order valence-corrected chi connectivity index (χ2v) is 5.25. The van der Waals surface area contributed by atoms with E-state index in [0.717, 1.165) is 38.2 Å². The van der Waals surface area contributed by atoms with Gasteiger partial charge < -0.3 is 4.90 Å². The molecule has 18 heavy (non-hydrogen) atoms. The Labute approximate surface area is 113 Å². The van der Waals surface area contributed by atoms with E-state index in [9.17, 15) is 4.79 Å². The number of aromatic nitrogens is 2. The highest BCUT2D eigenvalue weighted by Gasteiger charge is 2.28. The minimum Gasteiger partial charge on any atom is -0.337 e. The molecule has 1 aliphatic heterocycles. The predicted molar refractivity (Wildman–Crippen MR) is 72.0 cm³/mol. The smallest absolute Gasteiger partial charge is 0.272 e. The van der Waals surface area contributed by atoms with E-state index in [0.29, 0.717) is 17.5 Å². The van der Waals surface area contributed by atoms with E-state index in [1.54, 1.807) is 4.68 Å². The minimum absolute atomic E-state index is 0.106. The number of carbonyl (C=O) groups is 1. The van der Waals surface area contributed by atoms with Gasteiger partial charge in [-0.25, -0.2) is 0 Å². The summed E-state index contributed by atoms with van der Waals surface area (Å²) in [5.74, 6) is 1.35. The van der Waals surface area contributed by atoms with E-state index in [1.807, 2.05) is 24.8 Å². The lowest BCUT2D eigenvalue weighted by Crippen LogP contribution is -2.30. The van der Waals surface area contributed by atoms with Crippen molar-refractivity contribution in [3.8, 4) is 0 Å². The van der Waals surface area contributed by atoms with Gasteiger partial charge in [0.05, 0.1) is 5.69 Å². The Bertz CT molecular complexity index is 430. The van der Waals surface area contributed by atoms with Gasteiger partial charge in [-0.15, -0.1) is 11.6 Å². The lowest BCUT2D eigenvalue weighted by molar-refractivity contribution is 0.0774. The molecule has 0 aromatic carbocycles. The van der Waals surface area contributed by atoms with Gasteiger partial charge in [0.2, 0.25) is 0 Å². The number of hydrogen-bond acceptors (Lipinski definition) is 2. The third-order valence-corrected chi connectivity index (χ3v) is 3.73. The Balaban J connectivity index is 2.07. The highest BCUT2D eigenvalue weighted by Crippen LogP contribution is 2.22. The maximum atomic E-state index is 12.4. The molecule has 1 amide bonds. The molecule has 2 heterocycles. The normalized spacial score (nSPS) is 19.5. The number of likely N-dealkylation sites (tertiary alicyclic amines) is 1. The molecule has 0 aliphatic carbocycles. The molecule has 2 rings (SSSR count). The van der Waals surface area contributed by atoms with E-state index >= 15 is 0 Å². The van der Waals surface area contributed by atoms with Gasteiger partial charge in [0.15, 0.2) is 0 Å². The quantitative estimate of drug-likeness (QED) is 0.787. The van der Waals surface area contributed by atoms with Crippen molar-refractivity contribution < 1.29 is 4.79 Å². The van der Waals surface area contributed by atoms with E-state index < -0.39 is 0 Å². The molecule has 0 N–H and O–H groups in total. The number of halogens is 1. The van der Waals surface area contributed by atoms with Gasteiger partial charge in [-0.3, -0.25) is 9.48 Å². The number of nitrogens with zero attached hydrogens (tertiary/aromatic N) is 3. The zero-order chi connectivity index (χ0) is 13.1. The van der Waals surface area contributed by atoms with E-state index in [1.165, 1.54) is 0 Å². The number of alkyl halides is 1. The van der Waals surface area contributed by atoms with Crippen molar-refractivity contribution in [2.75, 3.05) is 19.0 Å². The zero-order valence-corrected chi connectivity index (χ0v) is 11.8. The molecule has 0 bridgehead atoms. The van der Waals surface area contributed by atoms with Crippen LogP contribution in [0.15, 0.2) is 6.07 Å². The van der Waals surface area contributed by atoms with Gasteiger partial charge in [0.1, 0.15) is 5.69 Å². The summed E-state index contributed by atoms with van der Waals surface area (Å²) in [5, 5.41) is 4.33. The highest BCUT2D eigenvalue weighted by molar-refractivity contribution is 6.17. The van der Waals surface area contributed by atoms with Gasteiger partial charge in [-0.05, 0) is 38.7 Å². The molecule has 4 nitrogen and oxygen atoms in total. The monoisotopic (exact) mass is 269 g/mol. The molecule has 1 atom stereocenters. The third-order valence-electron chi connectivity index (χ3n) is 3.51. The first-order valence-corrected chi connectivity index (χ1v) is 7.08.